The Labute approximate surface area is 119 Å². The van der Waals surface area contributed by atoms with Gasteiger partial charge in [0.25, 0.3) is 5.56 Å². The van der Waals surface area contributed by atoms with E-state index in [0.29, 0.717) is 0 Å². The molecule has 1 fully saturated rings. The minimum absolute atomic E-state index is 0.0539. The molecule has 0 aliphatic carbocycles. The fourth-order valence-corrected chi connectivity index (χ4v) is 2.62. The van der Waals surface area contributed by atoms with Gasteiger partial charge in [0.1, 0.15) is 12.2 Å². The van der Waals surface area contributed by atoms with Crippen LogP contribution in [0.3, 0.4) is 0 Å². The monoisotopic (exact) mass is 317 g/mol. The molecule has 5 atom stereocenters. The summed E-state index contributed by atoms with van der Waals surface area (Å²) in [6, 6.07) is 0. The molecule has 9 nitrogen and oxygen atoms in total. The predicted octanol–water partition coefficient (Wildman–Crippen LogP) is -0.895. The second-order valence-corrected chi connectivity index (χ2v) is 4.84. The number of aliphatic hydroxyl groups excluding tert-OH is 1. The van der Waals surface area contributed by atoms with E-state index in [9.17, 15) is 9.18 Å². The number of hydrogen-bond acceptors (Lipinski definition) is 7. The molecule has 0 spiro atoms. The van der Waals surface area contributed by atoms with Crippen molar-refractivity contribution in [2.45, 2.75) is 24.6 Å². The van der Waals surface area contributed by atoms with Crippen molar-refractivity contribution in [1.29, 1.82) is 0 Å². The third-order valence-corrected chi connectivity index (χ3v) is 3.64. The van der Waals surface area contributed by atoms with E-state index in [0.717, 1.165) is 0 Å². The average molecular weight is 317 g/mol. The van der Waals surface area contributed by atoms with Crippen molar-refractivity contribution < 1.29 is 18.8 Å². The Morgan fingerprint density at radius 1 is 1.67 bits per heavy atom. The summed E-state index contributed by atoms with van der Waals surface area (Å²) in [5.74, 6) is -0.0916. The number of nitrogens with zero attached hydrogens (tertiary/aromatic N) is 3. The maximum Gasteiger partial charge on any atom is 0.280 e. The van der Waals surface area contributed by atoms with Crippen molar-refractivity contribution in [2.24, 2.45) is 0 Å². The Morgan fingerprint density at radius 3 is 3.10 bits per heavy atom. The Kier molecular flexibility index (Phi) is 3.62. The lowest BCUT2D eigenvalue weighted by Gasteiger charge is -2.18. The summed E-state index contributed by atoms with van der Waals surface area (Å²) in [5, 5.41) is 9.12. The summed E-state index contributed by atoms with van der Waals surface area (Å²) in [7, 11) is 1.96. The number of hydrogen-bond donors (Lipinski definition) is 3. The number of nitrogen functional groups attached to an aromatic ring is 1. The number of imidazole rings is 1. The highest BCUT2D eigenvalue weighted by Crippen LogP contribution is 2.35. The second kappa shape index (κ2) is 5.30. The van der Waals surface area contributed by atoms with Gasteiger partial charge in [0.05, 0.1) is 12.9 Å². The van der Waals surface area contributed by atoms with E-state index in [1.165, 1.54) is 10.9 Å². The number of fused-ring (bicyclic) bond motifs is 1. The molecule has 2 unspecified atom stereocenters. The fourth-order valence-electron chi connectivity index (χ4n) is 2.34. The van der Waals surface area contributed by atoms with Gasteiger partial charge >= 0.3 is 0 Å². The summed E-state index contributed by atoms with van der Waals surface area (Å²) in [4.78, 5) is 21.9. The zero-order valence-corrected chi connectivity index (χ0v) is 11.8. The zero-order valence-electron chi connectivity index (χ0n) is 10.6. The summed E-state index contributed by atoms with van der Waals surface area (Å²) >= 11 is 0. The minimum atomic E-state index is -1.53. The number of nitrogens with one attached hydrogen (secondary N) is 1. The number of nitrogens with two attached hydrogens (primary N) is 1. The highest BCUT2D eigenvalue weighted by atomic mass is 31.0. The topological polar surface area (TPSA) is 128 Å². The first-order valence-corrected chi connectivity index (χ1v) is 6.52. The average Bonchev–Trinajstić information content (AvgIpc) is 2.99. The number of alkyl halides is 1. The van der Waals surface area contributed by atoms with Gasteiger partial charge in [-0.25, -0.2) is 9.37 Å². The molecular weight excluding hydrogens is 304 g/mol. The number of ether oxygens (including phenoxy) is 1. The lowest BCUT2D eigenvalue weighted by atomic mass is 10.1. The number of H-pyrrole nitrogens is 1. The SMILES string of the molecule is Nc1nc2c(ncn2[C@@H]2O[C@H](CO)[C@@H](F)C2OP)c(=O)[nH]1. The van der Waals surface area contributed by atoms with E-state index in [-0.39, 0.29) is 17.1 Å². The van der Waals surface area contributed by atoms with Gasteiger partial charge in [-0.15, -0.1) is 0 Å². The molecule has 0 amide bonds. The molecule has 1 aliphatic heterocycles. The van der Waals surface area contributed by atoms with Crippen LogP contribution in [-0.4, -0.2) is 49.6 Å². The number of anilines is 1. The van der Waals surface area contributed by atoms with Crippen LogP contribution >= 0.6 is 9.47 Å². The van der Waals surface area contributed by atoms with E-state index in [1.807, 2.05) is 9.47 Å². The third kappa shape index (κ3) is 2.20. The quantitative estimate of drug-likeness (QED) is 0.626. The van der Waals surface area contributed by atoms with E-state index >= 15 is 0 Å². The molecule has 2 aromatic rings. The maximum absolute atomic E-state index is 14.1. The predicted molar refractivity (Wildman–Crippen MR) is 73.0 cm³/mol. The highest BCUT2D eigenvalue weighted by Gasteiger charge is 2.46. The molecule has 21 heavy (non-hydrogen) atoms. The Balaban J connectivity index is 2.10. The van der Waals surface area contributed by atoms with Gasteiger partial charge in [0, 0.05) is 9.47 Å². The Morgan fingerprint density at radius 2 is 2.43 bits per heavy atom. The van der Waals surface area contributed by atoms with E-state index in [4.69, 9.17) is 20.1 Å². The van der Waals surface area contributed by atoms with Crippen molar-refractivity contribution in [2.75, 3.05) is 12.3 Å². The van der Waals surface area contributed by atoms with Crippen molar-refractivity contribution in [3.63, 3.8) is 0 Å². The van der Waals surface area contributed by atoms with Gasteiger partial charge in [0.15, 0.2) is 23.6 Å². The summed E-state index contributed by atoms with van der Waals surface area (Å²) in [6.45, 7) is -0.495. The molecule has 1 aliphatic rings. The van der Waals surface area contributed by atoms with Crippen LogP contribution in [0.25, 0.3) is 11.2 Å². The first-order chi connectivity index (χ1) is 10.1. The van der Waals surface area contributed by atoms with Gasteiger partial charge in [-0.3, -0.25) is 14.3 Å². The Bertz CT molecular complexity index is 721. The van der Waals surface area contributed by atoms with E-state index < -0.39 is 36.8 Å². The first-order valence-electron chi connectivity index (χ1n) is 6.05. The first kappa shape index (κ1) is 14.3. The van der Waals surface area contributed by atoms with Gasteiger partial charge in [-0.2, -0.15) is 4.98 Å². The standard InChI is InChI=1S/C10H13FN5O4P/c11-4-3(1-17)19-9(6(4)20-21)16-2-13-5-7(16)14-10(12)15-8(5)18/h2-4,6,9,17H,1,21H2,(H3,12,14,15,18)/t3-,4-,6?,9-/m1/s1. The van der Waals surface area contributed by atoms with Crippen molar-refractivity contribution in [3.8, 4) is 0 Å². The van der Waals surface area contributed by atoms with E-state index in [2.05, 4.69) is 15.0 Å². The van der Waals surface area contributed by atoms with Crippen LogP contribution in [0.5, 0.6) is 0 Å². The van der Waals surface area contributed by atoms with Gasteiger partial charge < -0.3 is 20.1 Å². The van der Waals surface area contributed by atoms with Crippen LogP contribution in [0, 0.1) is 0 Å². The van der Waals surface area contributed by atoms with Crippen LogP contribution in [0.1, 0.15) is 6.23 Å². The lowest BCUT2D eigenvalue weighted by molar-refractivity contribution is -0.0438. The molecule has 11 heteroatoms. The van der Waals surface area contributed by atoms with Crippen LogP contribution in [0.15, 0.2) is 11.1 Å². The van der Waals surface area contributed by atoms with Gasteiger partial charge in [-0.1, -0.05) is 0 Å². The summed E-state index contributed by atoms with van der Waals surface area (Å²) < 4.78 is 25.9. The van der Waals surface area contributed by atoms with Crippen molar-refractivity contribution in [1.82, 2.24) is 19.5 Å². The number of rotatable bonds is 3. The third-order valence-electron chi connectivity index (χ3n) is 3.33. The van der Waals surface area contributed by atoms with Crippen molar-refractivity contribution >= 4 is 26.6 Å². The number of aromatic amines is 1. The molecule has 0 radical (unpaired) electrons. The van der Waals surface area contributed by atoms with Crippen LogP contribution in [0.4, 0.5) is 10.3 Å². The Hall–Kier alpha value is -1.61. The molecule has 2 aromatic heterocycles. The summed E-state index contributed by atoms with van der Waals surface area (Å²) in [5.41, 5.74) is 5.20. The van der Waals surface area contributed by atoms with Crippen LogP contribution in [0.2, 0.25) is 0 Å². The van der Waals surface area contributed by atoms with Gasteiger partial charge in [-0.05, 0) is 0 Å². The smallest absolute Gasteiger partial charge is 0.280 e. The molecule has 0 bridgehead atoms. The fraction of sp³-hybridized carbons (Fsp3) is 0.500. The number of aromatic nitrogens is 4. The largest absolute Gasteiger partial charge is 0.394 e. The number of halogens is 1. The molecule has 3 heterocycles. The van der Waals surface area contributed by atoms with Gasteiger partial charge in [0.2, 0.25) is 5.95 Å². The molecule has 114 valence electrons. The van der Waals surface area contributed by atoms with E-state index in [1.54, 1.807) is 0 Å². The number of aliphatic hydroxyl groups is 1. The molecule has 3 rings (SSSR count). The summed E-state index contributed by atoms with van der Waals surface area (Å²) in [6.07, 6.45) is -3.19. The maximum atomic E-state index is 14.1. The second-order valence-electron chi connectivity index (χ2n) is 4.57. The van der Waals surface area contributed by atoms with Crippen molar-refractivity contribution in [3.05, 3.63) is 16.7 Å². The molecular formula is C10H13FN5O4P. The molecule has 0 saturated carbocycles. The molecule has 1 saturated heterocycles. The zero-order chi connectivity index (χ0) is 15.1. The lowest BCUT2D eigenvalue weighted by Crippen LogP contribution is -2.30. The van der Waals surface area contributed by atoms with Crippen LogP contribution in [-0.2, 0) is 9.26 Å². The normalized spacial score (nSPS) is 29.3. The highest BCUT2D eigenvalue weighted by molar-refractivity contribution is 7.09. The van der Waals surface area contributed by atoms with Crippen LogP contribution < -0.4 is 11.3 Å². The minimum Gasteiger partial charge on any atom is -0.394 e. The molecule has 4 N–H and O–H groups in total. The molecule has 0 aromatic carbocycles.